The third-order valence-electron chi connectivity index (χ3n) is 4.45. The highest BCUT2D eigenvalue weighted by atomic mass is 32.1. The van der Waals surface area contributed by atoms with E-state index >= 15 is 0 Å². The third kappa shape index (κ3) is 6.17. The molecule has 0 aliphatic rings. The first kappa shape index (κ1) is 23.1. The summed E-state index contributed by atoms with van der Waals surface area (Å²) in [5.41, 5.74) is 8.99. The van der Waals surface area contributed by atoms with Gasteiger partial charge in [-0.1, -0.05) is 30.3 Å². The molecule has 30 heavy (non-hydrogen) atoms. The molecule has 2 amide bonds. The average molecular weight is 427 g/mol. The zero-order chi connectivity index (χ0) is 22.1. The van der Waals surface area contributed by atoms with E-state index in [4.69, 9.17) is 16.9 Å². The first-order valence-corrected chi connectivity index (χ1v) is 10.1. The lowest BCUT2D eigenvalue weighted by Crippen LogP contribution is -2.37. The molecule has 0 radical (unpaired) electrons. The fourth-order valence-electron chi connectivity index (χ4n) is 2.63. The Labute approximate surface area is 180 Å². The number of hydrogen-bond donors (Lipinski definition) is 2. The number of carbonyl (C=O) groups is 1. The summed E-state index contributed by atoms with van der Waals surface area (Å²) in [7, 11) is 3.19. The summed E-state index contributed by atoms with van der Waals surface area (Å²) < 4.78 is 6.32. The second kappa shape index (κ2) is 10.6. The molecule has 0 bridgehead atoms. The molecule has 2 heterocycles. The predicted molar refractivity (Wildman–Crippen MR) is 120 cm³/mol. The number of ether oxygens (including phenoxy) is 1. The number of methoxy groups -OCH3 is 1. The first-order chi connectivity index (χ1) is 14.3. The molecule has 0 aliphatic heterocycles. The zero-order valence-electron chi connectivity index (χ0n) is 17.3. The van der Waals surface area contributed by atoms with Crippen LogP contribution in [0, 0.1) is 12.3 Å². The van der Waals surface area contributed by atoms with E-state index < -0.39 is 11.6 Å². The molecule has 7 nitrogen and oxygen atoms in total. The van der Waals surface area contributed by atoms with Crippen molar-refractivity contribution in [2.24, 2.45) is 5.73 Å². The second-order valence-electron chi connectivity index (χ2n) is 6.96. The summed E-state index contributed by atoms with van der Waals surface area (Å²) in [5.74, 6) is 2.96. The number of pyridine rings is 1. The number of aliphatic hydroxyl groups is 1. The van der Waals surface area contributed by atoms with Gasteiger partial charge in [-0.15, -0.1) is 23.7 Å². The first-order valence-electron chi connectivity index (χ1n) is 9.27. The van der Waals surface area contributed by atoms with Gasteiger partial charge in [-0.2, -0.15) is 0 Å². The monoisotopic (exact) mass is 426 g/mol. The highest BCUT2D eigenvalue weighted by molar-refractivity contribution is 7.17. The van der Waals surface area contributed by atoms with Crippen LogP contribution in [-0.2, 0) is 0 Å². The van der Waals surface area contributed by atoms with Gasteiger partial charge in [0.2, 0.25) is 5.88 Å². The minimum Gasteiger partial charge on any atom is -0.479 e. The Hall–Kier alpha value is -3.15. The van der Waals surface area contributed by atoms with E-state index in [1.165, 1.54) is 4.90 Å². The Morgan fingerprint density at radius 2 is 2.07 bits per heavy atom. The number of rotatable bonds is 6. The van der Waals surface area contributed by atoms with Crippen molar-refractivity contribution in [3.05, 3.63) is 42.0 Å². The van der Waals surface area contributed by atoms with Gasteiger partial charge in [0, 0.05) is 31.8 Å². The Kier molecular flexibility index (Phi) is 8.16. The van der Waals surface area contributed by atoms with Gasteiger partial charge >= 0.3 is 6.03 Å². The molecule has 1 atom stereocenters. The fourth-order valence-corrected chi connectivity index (χ4v) is 3.44. The molecule has 0 spiro atoms. The largest absolute Gasteiger partial charge is 0.479 e. The lowest BCUT2D eigenvalue weighted by Gasteiger charge is -2.23. The quantitative estimate of drug-likeness (QED) is 0.587. The van der Waals surface area contributed by atoms with Crippen molar-refractivity contribution >= 4 is 27.6 Å². The van der Waals surface area contributed by atoms with Crippen LogP contribution in [0.5, 0.6) is 5.88 Å². The summed E-state index contributed by atoms with van der Waals surface area (Å²) in [6.07, 6.45) is 7.61. The van der Waals surface area contributed by atoms with Gasteiger partial charge in [-0.05, 0) is 18.9 Å². The van der Waals surface area contributed by atoms with Gasteiger partial charge in [0.05, 0.1) is 22.9 Å². The van der Waals surface area contributed by atoms with Crippen LogP contribution in [-0.4, -0.2) is 52.3 Å². The van der Waals surface area contributed by atoms with Gasteiger partial charge in [0.15, 0.2) is 0 Å². The number of hydrogen-bond acceptors (Lipinski definition) is 6. The number of urea groups is 1. The SMILES string of the molecule is C#CCC(C)(O)CCN(C)C(N)=O.COc1ncc(-c2ccccc2)c2scnc12. The van der Waals surface area contributed by atoms with E-state index in [1.807, 2.05) is 29.9 Å². The van der Waals surface area contributed by atoms with Gasteiger partial charge in [0.25, 0.3) is 0 Å². The van der Waals surface area contributed by atoms with E-state index in [9.17, 15) is 9.90 Å². The minimum absolute atomic E-state index is 0.277. The summed E-state index contributed by atoms with van der Waals surface area (Å²) >= 11 is 1.61. The van der Waals surface area contributed by atoms with Crippen molar-refractivity contribution in [3.63, 3.8) is 0 Å². The van der Waals surface area contributed by atoms with Crippen molar-refractivity contribution in [2.45, 2.75) is 25.4 Å². The number of primary amides is 1. The minimum atomic E-state index is -0.918. The van der Waals surface area contributed by atoms with Crippen LogP contribution in [0.15, 0.2) is 42.0 Å². The van der Waals surface area contributed by atoms with Crippen LogP contribution in [0.4, 0.5) is 4.79 Å². The maximum atomic E-state index is 10.6. The molecule has 0 fully saturated rings. The maximum Gasteiger partial charge on any atom is 0.314 e. The molecule has 8 heteroatoms. The number of thiazole rings is 1. The van der Waals surface area contributed by atoms with Crippen molar-refractivity contribution in [1.82, 2.24) is 14.9 Å². The standard InChI is InChI=1S/C13H10N2OS.C9H16N2O2/c1-16-13-11-12(17-8-15-11)10(7-14-13)9-5-3-2-4-6-9;1-4-5-9(2,13)6-7-11(3)8(10)12/h2-8H,1H3;1,13H,5-7H2,2-3H3,(H2,10,12). The Morgan fingerprint density at radius 1 is 1.37 bits per heavy atom. The Bertz CT molecular complexity index is 1010. The van der Waals surface area contributed by atoms with E-state index in [2.05, 4.69) is 28.0 Å². The maximum absolute atomic E-state index is 10.6. The molecule has 1 aromatic carbocycles. The highest BCUT2D eigenvalue weighted by Gasteiger charge is 2.20. The molecule has 0 saturated heterocycles. The van der Waals surface area contributed by atoms with E-state index in [-0.39, 0.29) is 6.42 Å². The van der Waals surface area contributed by atoms with E-state index in [0.717, 1.165) is 21.3 Å². The van der Waals surface area contributed by atoms with Gasteiger partial charge < -0.3 is 20.5 Å². The van der Waals surface area contributed by atoms with Gasteiger partial charge in [-0.3, -0.25) is 0 Å². The van der Waals surface area contributed by atoms with Crippen LogP contribution < -0.4 is 10.5 Å². The Morgan fingerprint density at radius 3 is 2.67 bits per heavy atom. The summed E-state index contributed by atoms with van der Waals surface area (Å²) in [4.78, 5) is 20.5. The number of amides is 2. The molecule has 3 N–H and O–H groups in total. The molecule has 0 saturated carbocycles. The molecule has 2 aromatic heterocycles. The number of benzene rings is 1. The average Bonchev–Trinajstić information content (AvgIpc) is 3.22. The van der Waals surface area contributed by atoms with Crippen molar-refractivity contribution in [3.8, 4) is 29.4 Å². The Balaban J connectivity index is 0.000000224. The van der Waals surface area contributed by atoms with Crippen molar-refractivity contribution < 1.29 is 14.6 Å². The van der Waals surface area contributed by atoms with Crippen LogP contribution >= 0.6 is 11.3 Å². The fraction of sp³-hybridized carbons (Fsp3) is 0.318. The zero-order valence-corrected chi connectivity index (χ0v) is 18.1. The van der Waals surface area contributed by atoms with Crippen LogP contribution in [0.2, 0.25) is 0 Å². The molecule has 3 rings (SSSR count). The predicted octanol–water partition coefficient (Wildman–Crippen LogP) is 3.53. The number of fused-ring (bicyclic) bond motifs is 1. The van der Waals surface area contributed by atoms with Gasteiger partial charge in [-0.25, -0.2) is 14.8 Å². The lowest BCUT2D eigenvalue weighted by atomic mass is 9.98. The molecule has 3 aromatic rings. The number of aromatic nitrogens is 2. The van der Waals surface area contributed by atoms with Crippen LogP contribution in [0.1, 0.15) is 19.8 Å². The van der Waals surface area contributed by atoms with Crippen molar-refractivity contribution in [2.75, 3.05) is 20.7 Å². The van der Waals surface area contributed by atoms with E-state index in [0.29, 0.717) is 18.8 Å². The number of nitrogens with zero attached hydrogens (tertiary/aromatic N) is 3. The summed E-state index contributed by atoms with van der Waals surface area (Å²) in [6, 6.07) is 9.69. The summed E-state index contributed by atoms with van der Waals surface area (Å²) in [5, 5.41) is 9.62. The molecular weight excluding hydrogens is 400 g/mol. The van der Waals surface area contributed by atoms with E-state index in [1.54, 1.807) is 32.4 Å². The third-order valence-corrected chi connectivity index (χ3v) is 5.31. The number of terminal acetylenes is 1. The van der Waals surface area contributed by atoms with Gasteiger partial charge in [0.1, 0.15) is 5.52 Å². The van der Waals surface area contributed by atoms with Crippen LogP contribution in [0.25, 0.3) is 21.3 Å². The molecule has 0 aliphatic carbocycles. The van der Waals surface area contributed by atoms with Crippen LogP contribution in [0.3, 0.4) is 0 Å². The molecule has 158 valence electrons. The highest BCUT2D eigenvalue weighted by Crippen LogP contribution is 2.34. The lowest BCUT2D eigenvalue weighted by molar-refractivity contribution is 0.0501. The summed E-state index contributed by atoms with van der Waals surface area (Å²) in [6.45, 7) is 2.05. The molecule has 1 unspecified atom stereocenters. The normalized spacial score (nSPS) is 12.2. The van der Waals surface area contributed by atoms with Crippen molar-refractivity contribution in [1.29, 1.82) is 0 Å². The topological polar surface area (TPSA) is 102 Å². The molecular formula is C22H26N4O3S. The second-order valence-corrected chi connectivity index (χ2v) is 7.82. The number of nitrogens with two attached hydrogens (primary N) is 1. The smallest absolute Gasteiger partial charge is 0.314 e. The number of carbonyl (C=O) groups excluding carboxylic acids is 1.